The number of methoxy groups -OCH3 is 3. The van der Waals surface area contributed by atoms with E-state index >= 15 is 0 Å². The maximum absolute atomic E-state index is 13.6. The predicted molar refractivity (Wildman–Crippen MR) is 138 cm³/mol. The Hall–Kier alpha value is -3.49. The van der Waals surface area contributed by atoms with Crippen LogP contribution in [0.5, 0.6) is 11.5 Å². The van der Waals surface area contributed by atoms with E-state index in [0.717, 1.165) is 0 Å². The van der Waals surface area contributed by atoms with E-state index in [-0.39, 0.29) is 17.7 Å². The third-order valence-corrected chi connectivity index (χ3v) is 8.29. The number of nitrogens with one attached hydrogen (secondary N) is 1. The van der Waals surface area contributed by atoms with E-state index in [4.69, 9.17) is 25.8 Å². The van der Waals surface area contributed by atoms with Gasteiger partial charge in [0.15, 0.2) is 11.6 Å². The monoisotopic (exact) mass is 565 g/mol. The summed E-state index contributed by atoms with van der Waals surface area (Å²) in [6.07, 6.45) is 2.51. The Bertz CT molecular complexity index is 1390. The Morgan fingerprint density at radius 2 is 1.74 bits per heavy atom. The van der Waals surface area contributed by atoms with Crippen LogP contribution in [0.3, 0.4) is 0 Å². The van der Waals surface area contributed by atoms with Crippen molar-refractivity contribution in [3.05, 3.63) is 47.3 Å². The van der Waals surface area contributed by atoms with Crippen LogP contribution in [0.1, 0.15) is 43.6 Å². The van der Waals surface area contributed by atoms with Gasteiger partial charge in [0, 0.05) is 33.0 Å². The lowest BCUT2D eigenvalue weighted by Crippen LogP contribution is -2.33. The second-order valence-electron chi connectivity index (χ2n) is 8.56. The predicted octanol–water partition coefficient (Wildman–Crippen LogP) is 2.54. The van der Waals surface area contributed by atoms with Crippen LogP contribution in [0.15, 0.2) is 30.6 Å². The molecule has 204 valence electrons. The molecule has 3 heterocycles. The lowest BCUT2D eigenvalue weighted by molar-refractivity contribution is -0.127. The summed E-state index contributed by atoms with van der Waals surface area (Å²) in [6.45, 7) is 1.46. The van der Waals surface area contributed by atoms with E-state index in [2.05, 4.69) is 24.9 Å². The van der Waals surface area contributed by atoms with Crippen LogP contribution in [0.2, 0.25) is 5.02 Å². The first-order valence-electron chi connectivity index (χ1n) is 11.6. The third-order valence-electron chi connectivity index (χ3n) is 6.40. The van der Waals surface area contributed by atoms with E-state index in [1.165, 1.54) is 45.2 Å². The molecule has 0 unspecified atom stereocenters. The number of rotatable bonds is 10. The van der Waals surface area contributed by atoms with Gasteiger partial charge in [0.1, 0.15) is 28.5 Å². The van der Waals surface area contributed by atoms with Gasteiger partial charge in [0.05, 0.1) is 25.3 Å². The fraction of sp³-hybridized carbons (Fsp3) is 0.435. The number of hydrogen-bond donors (Lipinski definition) is 1. The quantitative estimate of drug-likeness (QED) is 0.388. The molecule has 0 saturated carbocycles. The zero-order valence-electron chi connectivity index (χ0n) is 21.5. The molecule has 2 aromatic heterocycles. The third kappa shape index (κ3) is 5.11. The van der Waals surface area contributed by atoms with E-state index < -0.39 is 27.4 Å². The summed E-state index contributed by atoms with van der Waals surface area (Å²) < 4.78 is 47.8. The van der Waals surface area contributed by atoms with Crippen molar-refractivity contribution in [3.8, 4) is 17.2 Å². The number of amides is 1. The van der Waals surface area contributed by atoms with Crippen molar-refractivity contribution in [2.45, 2.75) is 37.2 Å². The lowest BCUT2D eigenvalue weighted by atomic mass is 10.2. The SMILES string of the molecule is COc1cccc(OC)c1-n1c(NS(=O)(=O)[C@@H](C)[C@H](OC)c2ncc(Cl)cn2)nnc1[C@@H]1CCC(=O)N1C. The molecular weight excluding hydrogens is 538 g/mol. The van der Waals surface area contributed by atoms with Gasteiger partial charge in [-0.2, -0.15) is 0 Å². The van der Waals surface area contributed by atoms with Crippen molar-refractivity contribution in [3.63, 3.8) is 0 Å². The molecule has 1 aliphatic rings. The number of halogens is 1. The molecule has 13 nitrogen and oxygen atoms in total. The van der Waals surface area contributed by atoms with Gasteiger partial charge >= 0.3 is 0 Å². The molecule has 1 N–H and O–H groups in total. The number of sulfonamides is 1. The average molecular weight is 566 g/mol. The van der Waals surface area contributed by atoms with Crippen LogP contribution >= 0.6 is 11.6 Å². The summed E-state index contributed by atoms with van der Waals surface area (Å²) in [5.41, 5.74) is 0.375. The number of para-hydroxylation sites is 1. The fourth-order valence-electron chi connectivity index (χ4n) is 4.32. The van der Waals surface area contributed by atoms with Gasteiger partial charge in [0.25, 0.3) is 0 Å². The summed E-state index contributed by atoms with van der Waals surface area (Å²) >= 11 is 5.88. The molecular formula is C23H28ClN7O6S. The van der Waals surface area contributed by atoms with E-state index in [9.17, 15) is 13.2 Å². The molecule has 38 heavy (non-hydrogen) atoms. The smallest absolute Gasteiger partial charge is 0.243 e. The number of ether oxygens (including phenoxy) is 3. The first kappa shape index (κ1) is 27.5. The Labute approximate surface area is 225 Å². The second-order valence-corrected chi connectivity index (χ2v) is 11.0. The van der Waals surface area contributed by atoms with Crippen molar-refractivity contribution in [2.24, 2.45) is 0 Å². The van der Waals surface area contributed by atoms with Gasteiger partial charge in [0.2, 0.25) is 21.9 Å². The highest BCUT2D eigenvalue weighted by molar-refractivity contribution is 7.93. The molecule has 1 saturated heterocycles. The number of aromatic nitrogens is 5. The van der Waals surface area contributed by atoms with E-state index in [1.807, 2.05) is 0 Å². The zero-order chi connectivity index (χ0) is 27.6. The number of benzene rings is 1. The number of likely N-dealkylation sites (tertiary alicyclic amines) is 1. The van der Waals surface area contributed by atoms with Crippen LogP contribution < -0.4 is 14.2 Å². The van der Waals surface area contributed by atoms with Crippen LogP contribution in [0.4, 0.5) is 5.95 Å². The Morgan fingerprint density at radius 3 is 2.26 bits per heavy atom. The summed E-state index contributed by atoms with van der Waals surface area (Å²) in [5, 5.41) is 7.62. The van der Waals surface area contributed by atoms with Gasteiger partial charge in [-0.25, -0.2) is 18.4 Å². The Kier molecular flexibility index (Phi) is 8.04. The molecule has 0 bridgehead atoms. The average Bonchev–Trinajstić information content (AvgIpc) is 3.46. The van der Waals surface area contributed by atoms with Crippen molar-refractivity contribution < 1.29 is 27.4 Å². The zero-order valence-corrected chi connectivity index (χ0v) is 23.0. The summed E-state index contributed by atoms with van der Waals surface area (Å²) in [5.74, 6) is 1.09. The van der Waals surface area contributed by atoms with Crippen molar-refractivity contribution in [1.82, 2.24) is 29.6 Å². The first-order chi connectivity index (χ1) is 18.1. The number of anilines is 1. The van der Waals surface area contributed by atoms with Gasteiger partial charge in [-0.1, -0.05) is 17.7 Å². The topological polar surface area (TPSA) is 151 Å². The van der Waals surface area contributed by atoms with Crippen LogP contribution in [-0.2, 0) is 19.6 Å². The Balaban J connectivity index is 1.81. The van der Waals surface area contributed by atoms with Gasteiger partial charge in [-0.15, -0.1) is 10.2 Å². The maximum atomic E-state index is 13.6. The molecule has 1 aromatic carbocycles. The largest absolute Gasteiger partial charge is 0.494 e. The molecule has 1 fully saturated rings. The van der Waals surface area contributed by atoms with Crippen molar-refractivity contribution >= 4 is 33.5 Å². The van der Waals surface area contributed by atoms with Crippen LogP contribution in [-0.4, -0.2) is 77.6 Å². The molecule has 4 rings (SSSR count). The molecule has 1 aliphatic heterocycles. The minimum atomic E-state index is -4.16. The normalized spacial score (nSPS) is 17.4. The minimum absolute atomic E-state index is 0.0572. The van der Waals surface area contributed by atoms with E-state index in [1.54, 1.807) is 30.1 Å². The minimum Gasteiger partial charge on any atom is -0.494 e. The second kappa shape index (κ2) is 11.1. The number of nitrogens with zero attached hydrogens (tertiary/aromatic N) is 6. The number of carbonyl (C=O) groups excluding carboxylic acids is 1. The molecule has 0 spiro atoms. The van der Waals surface area contributed by atoms with Crippen molar-refractivity contribution in [1.29, 1.82) is 0 Å². The highest BCUT2D eigenvalue weighted by Gasteiger charge is 2.38. The standard InChI is InChI=1S/C23H28ClN7O6S/c1-13(20(37-5)21-25-11-14(24)12-26-21)38(33,34)29-23-28-27-22(15-9-10-18(32)30(15)2)31(23)19-16(35-3)7-6-8-17(19)36-4/h6-8,11-13,15,20H,9-10H2,1-5H3,(H,28,29)/t13-,15-,20-/m0/s1. The summed E-state index contributed by atoms with van der Waals surface area (Å²) in [6, 6.07) is 4.68. The lowest BCUT2D eigenvalue weighted by Gasteiger charge is -2.24. The maximum Gasteiger partial charge on any atom is 0.243 e. The summed E-state index contributed by atoms with van der Waals surface area (Å²) in [4.78, 5) is 22.1. The number of carbonyl (C=O) groups is 1. The fourth-order valence-corrected chi connectivity index (χ4v) is 5.54. The van der Waals surface area contributed by atoms with Gasteiger partial charge in [-0.3, -0.25) is 14.1 Å². The Morgan fingerprint density at radius 1 is 1.11 bits per heavy atom. The molecule has 3 aromatic rings. The van der Waals surface area contributed by atoms with Crippen LogP contribution in [0, 0.1) is 0 Å². The van der Waals surface area contributed by atoms with Crippen LogP contribution in [0.25, 0.3) is 5.69 Å². The van der Waals surface area contributed by atoms with Gasteiger partial charge in [-0.05, 0) is 25.5 Å². The molecule has 15 heteroatoms. The molecule has 1 amide bonds. The molecule has 0 radical (unpaired) electrons. The molecule has 0 aliphatic carbocycles. The van der Waals surface area contributed by atoms with Crippen molar-refractivity contribution in [2.75, 3.05) is 33.1 Å². The molecule has 3 atom stereocenters. The highest BCUT2D eigenvalue weighted by atomic mass is 35.5. The van der Waals surface area contributed by atoms with E-state index in [0.29, 0.717) is 40.9 Å². The first-order valence-corrected chi connectivity index (χ1v) is 13.5. The summed E-state index contributed by atoms with van der Waals surface area (Å²) in [7, 11) is 1.83. The number of hydrogen-bond acceptors (Lipinski definition) is 10. The van der Waals surface area contributed by atoms with Gasteiger partial charge < -0.3 is 19.1 Å². The highest BCUT2D eigenvalue weighted by Crippen LogP contribution is 2.40.